The highest BCUT2D eigenvalue weighted by atomic mass is 28.4. The first kappa shape index (κ1) is 19.9. The number of rotatable bonds is 5. The Bertz CT molecular complexity index is 435. The summed E-state index contributed by atoms with van der Waals surface area (Å²) < 4.78 is 11.0. The van der Waals surface area contributed by atoms with Gasteiger partial charge in [0.2, 0.25) is 0 Å². The first-order valence-electron chi connectivity index (χ1n) is 7.38. The summed E-state index contributed by atoms with van der Waals surface area (Å²) in [4.78, 5) is 11.0. The SMILES string of the molecule is C/C=C\C(C)(CCC#CC(=O)OC)O[Si](C)(C)C(C)(C)C. The lowest BCUT2D eigenvalue weighted by Gasteiger charge is -2.43. The van der Waals surface area contributed by atoms with Crippen molar-refractivity contribution in [3.8, 4) is 11.8 Å². The van der Waals surface area contributed by atoms with Crippen LogP contribution in [0.25, 0.3) is 0 Å². The molecule has 1 atom stereocenters. The van der Waals surface area contributed by atoms with Crippen LogP contribution in [0.3, 0.4) is 0 Å². The Morgan fingerprint density at radius 3 is 2.24 bits per heavy atom. The van der Waals surface area contributed by atoms with Gasteiger partial charge in [0.1, 0.15) is 0 Å². The summed E-state index contributed by atoms with van der Waals surface area (Å²) in [5.74, 6) is 4.82. The second-order valence-corrected chi connectivity index (χ2v) is 11.7. The van der Waals surface area contributed by atoms with Crippen LogP contribution in [0.4, 0.5) is 0 Å². The number of carbonyl (C=O) groups is 1. The normalized spacial score (nSPS) is 15.2. The molecule has 0 fully saturated rings. The van der Waals surface area contributed by atoms with Crippen molar-refractivity contribution in [3.63, 3.8) is 0 Å². The summed E-state index contributed by atoms with van der Waals surface area (Å²) in [7, 11) is -0.523. The van der Waals surface area contributed by atoms with Crippen molar-refractivity contribution in [3.05, 3.63) is 12.2 Å². The fraction of sp³-hybridized carbons (Fsp3) is 0.706. The summed E-state index contributed by atoms with van der Waals surface area (Å²) in [6.45, 7) is 15.3. The van der Waals surface area contributed by atoms with E-state index in [0.717, 1.165) is 6.42 Å². The van der Waals surface area contributed by atoms with Crippen molar-refractivity contribution in [2.24, 2.45) is 0 Å². The molecule has 0 amide bonds. The lowest BCUT2D eigenvalue weighted by atomic mass is 10.00. The fourth-order valence-corrected chi connectivity index (χ4v) is 3.40. The maximum absolute atomic E-state index is 11.0. The van der Waals surface area contributed by atoms with E-state index >= 15 is 0 Å². The van der Waals surface area contributed by atoms with E-state index in [-0.39, 0.29) is 10.6 Å². The molecule has 21 heavy (non-hydrogen) atoms. The molecule has 0 aliphatic heterocycles. The van der Waals surface area contributed by atoms with E-state index in [0.29, 0.717) is 6.42 Å². The predicted molar refractivity (Wildman–Crippen MR) is 90.5 cm³/mol. The molecule has 0 aromatic heterocycles. The van der Waals surface area contributed by atoms with Gasteiger partial charge in [0.05, 0.1) is 12.7 Å². The zero-order valence-electron chi connectivity index (χ0n) is 14.8. The maximum atomic E-state index is 11.0. The van der Waals surface area contributed by atoms with Gasteiger partial charge in [-0.25, -0.2) is 4.79 Å². The Morgan fingerprint density at radius 1 is 1.24 bits per heavy atom. The van der Waals surface area contributed by atoms with Crippen LogP contribution in [0.15, 0.2) is 12.2 Å². The first-order chi connectivity index (χ1) is 9.47. The summed E-state index contributed by atoms with van der Waals surface area (Å²) in [5.41, 5.74) is -0.345. The highest BCUT2D eigenvalue weighted by Crippen LogP contribution is 2.40. The molecule has 1 unspecified atom stereocenters. The van der Waals surface area contributed by atoms with Gasteiger partial charge in [-0.3, -0.25) is 0 Å². The maximum Gasteiger partial charge on any atom is 0.384 e. The van der Waals surface area contributed by atoms with E-state index in [4.69, 9.17) is 4.43 Å². The number of carbonyl (C=O) groups excluding carboxylic acids is 1. The topological polar surface area (TPSA) is 35.5 Å². The number of esters is 1. The van der Waals surface area contributed by atoms with Crippen LogP contribution in [-0.2, 0) is 14.0 Å². The van der Waals surface area contributed by atoms with Crippen LogP contribution in [0.1, 0.15) is 47.5 Å². The molecule has 0 saturated carbocycles. The molecule has 0 heterocycles. The molecule has 0 aliphatic rings. The molecule has 3 nitrogen and oxygen atoms in total. The van der Waals surface area contributed by atoms with E-state index in [1.807, 2.05) is 13.0 Å². The predicted octanol–water partition coefficient (Wildman–Crippen LogP) is 4.30. The average molecular weight is 311 g/mol. The minimum absolute atomic E-state index is 0.160. The molecule has 0 N–H and O–H groups in total. The number of hydrogen-bond donors (Lipinski definition) is 0. The van der Waals surface area contributed by atoms with Gasteiger partial charge in [-0.2, -0.15) is 0 Å². The molecule has 0 radical (unpaired) electrons. The number of allylic oxidation sites excluding steroid dienone is 1. The Balaban J connectivity index is 4.93. The monoisotopic (exact) mass is 310 g/mol. The largest absolute Gasteiger partial charge is 0.459 e. The Morgan fingerprint density at radius 2 is 1.81 bits per heavy atom. The molecule has 0 aliphatic carbocycles. The van der Waals surface area contributed by atoms with Gasteiger partial charge < -0.3 is 9.16 Å². The Kier molecular flexibility index (Phi) is 7.42. The van der Waals surface area contributed by atoms with Gasteiger partial charge in [0.25, 0.3) is 0 Å². The second kappa shape index (κ2) is 7.81. The summed E-state index contributed by atoms with van der Waals surface area (Å²) in [6.07, 6.45) is 5.46. The zero-order chi connectivity index (χ0) is 16.7. The summed E-state index contributed by atoms with van der Waals surface area (Å²) in [6, 6.07) is 0. The lowest BCUT2D eigenvalue weighted by Crippen LogP contribution is -2.47. The van der Waals surface area contributed by atoms with Crippen molar-refractivity contribution in [2.75, 3.05) is 7.11 Å². The first-order valence-corrected chi connectivity index (χ1v) is 10.3. The van der Waals surface area contributed by atoms with Gasteiger partial charge in [0.15, 0.2) is 8.32 Å². The second-order valence-electron chi connectivity index (χ2n) is 6.97. The molecule has 0 spiro atoms. The van der Waals surface area contributed by atoms with Crippen molar-refractivity contribution in [1.82, 2.24) is 0 Å². The van der Waals surface area contributed by atoms with E-state index in [1.54, 1.807) is 0 Å². The van der Waals surface area contributed by atoms with Crippen LogP contribution >= 0.6 is 0 Å². The van der Waals surface area contributed by atoms with E-state index in [9.17, 15) is 4.79 Å². The lowest BCUT2D eigenvalue weighted by molar-refractivity contribution is -0.133. The third kappa shape index (κ3) is 6.97. The average Bonchev–Trinajstić information content (AvgIpc) is 2.32. The van der Waals surface area contributed by atoms with Crippen LogP contribution < -0.4 is 0 Å². The Labute approximate surface area is 131 Å². The molecule has 0 aromatic rings. The molecule has 0 aromatic carbocycles. The van der Waals surface area contributed by atoms with Crippen molar-refractivity contribution in [2.45, 2.75) is 71.2 Å². The third-order valence-electron chi connectivity index (χ3n) is 3.94. The standard InChI is InChI=1S/C17H30O3Si/c1-9-13-17(5,14-11-10-12-15(18)19-6)20-21(7,8)16(2,3)4/h9,13H,11,14H2,1-8H3/b13-9-. The van der Waals surface area contributed by atoms with E-state index in [2.05, 4.69) is 63.4 Å². The smallest absolute Gasteiger partial charge is 0.384 e. The third-order valence-corrected chi connectivity index (χ3v) is 8.52. The van der Waals surface area contributed by atoms with Gasteiger partial charge in [-0.05, 0) is 38.4 Å². The van der Waals surface area contributed by atoms with Crippen molar-refractivity contribution >= 4 is 14.3 Å². The zero-order valence-corrected chi connectivity index (χ0v) is 15.8. The highest BCUT2D eigenvalue weighted by Gasteiger charge is 2.41. The quantitative estimate of drug-likeness (QED) is 0.250. The minimum Gasteiger partial charge on any atom is -0.459 e. The Hall–Kier alpha value is -1.05. The van der Waals surface area contributed by atoms with Crippen LogP contribution in [0, 0.1) is 11.8 Å². The molecular formula is C17H30O3Si. The molecule has 0 saturated heterocycles. The van der Waals surface area contributed by atoms with Gasteiger partial charge in [-0.1, -0.05) is 38.8 Å². The van der Waals surface area contributed by atoms with Crippen molar-refractivity contribution in [1.29, 1.82) is 0 Å². The van der Waals surface area contributed by atoms with Gasteiger partial charge in [-0.15, -0.1) is 0 Å². The minimum atomic E-state index is -1.86. The molecule has 0 bridgehead atoms. The van der Waals surface area contributed by atoms with E-state index in [1.165, 1.54) is 7.11 Å². The van der Waals surface area contributed by atoms with Crippen LogP contribution in [0.2, 0.25) is 18.1 Å². The number of ether oxygens (including phenoxy) is 1. The summed E-state index contributed by atoms with van der Waals surface area (Å²) >= 11 is 0. The molecule has 0 rings (SSSR count). The van der Waals surface area contributed by atoms with Gasteiger partial charge >= 0.3 is 5.97 Å². The molecule has 120 valence electrons. The fourth-order valence-electron chi connectivity index (χ4n) is 1.75. The van der Waals surface area contributed by atoms with Crippen LogP contribution in [-0.4, -0.2) is 27.0 Å². The molecule has 4 heteroatoms. The van der Waals surface area contributed by atoms with Crippen molar-refractivity contribution < 1.29 is 14.0 Å². The number of hydrogen-bond acceptors (Lipinski definition) is 3. The molecular weight excluding hydrogens is 280 g/mol. The number of methoxy groups -OCH3 is 1. The van der Waals surface area contributed by atoms with Gasteiger partial charge in [0, 0.05) is 12.3 Å². The van der Waals surface area contributed by atoms with E-state index < -0.39 is 14.3 Å². The summed E-state index contributed by atoms with van der Waals surface area (Å²) in [5, 5.41) is 0.160. The van der Waals surface area contributed by atoms with Crippen LogP contribution in [0.5, 0.6) is 0 Å². The highest BCUT2D eigenvalue weighted by molar-refractivity contribution is 6.74.